The van der Waals surface area contributed by atoms with Gasteiger partial charge in [-0.05, 0) is 12.1 Å². The Morgan fingerprint density at radius 2 is 2.36 bits per heavy atom. The van der Waals surface area contributed by atoms with Gasteiger partial charge in [-0.25, -0.2) is 0 Å². The maximum Gasteiger partial charge on any atom is 0.242 e. The molecule has 1 unspecified atom stereocenters. The summed E-state index contributed by atoms with van der Waals surface area (Å²) in [4.78, 5) is 12.3. The first-order valence-corrected chi connectivity index (χ1v) is 3.15. The lowest BCUT2D eigenvalue weighted by Crippen LogP contribution is -2.27. The molecule has 0 spiro atoms. The Balaban J connectivity index is 2.85. The number of nitrogens with two attached hydrogens (primary N) is 1. The summed E-state index contributed by atoms with van der Waals surface area (Å²) in [6.45, 7) is 1.58. The number of carbonyl (C=O) groups excluding carboxylic acids is 1. The largest absolute Gasteiger partial charge is 0.321 e. The van der Waals surface area contributed by atoms with Gasteiger partial charge in [-0.15, -0.1) is 10.2 Å². The zero-order valence-electron chi connectivity index (χ0n) is 6.35. The molecule has 1 atom stereocenters. The third kappa shape index (κ3) is 1.58. The number of aromatic nitrogens is 4. The van der Waals surface area contributed by atoms with E-state index in [0.717, 1.165) is 0 Å². The Morgan fingerprint density at radius 3 is 2.73 bits per heavy atom. The molecule has 0 fully saturated rings. The Labute approximate surface area is 63.4 Å². The van der Waals surface area contributed by atoms with Crippen molar-refractivity contribution in [2.75, 3.05) is 0 Å². The van der Waals surface area contributed by atoms with E-state index in [1.165, 1.54) is 4.80 Å². The molecule has 0 bridgehead atoms. The number of tetrazole rings is 1. The summed E-state index contributed by atoms with van der Waals surface area (Å²) in [5.41, 5.74) is 5.31. The molecule has 60 valence electrons. The maximum absolute atomic E-state index is 11.1. The van der Waals surface area contributed by atoms with E-state index in [0.29, 0.717) is 0 Å². The molecule has 0 aliphatic heterocycles. The lowest BCUT2D eigenvalue weighted by molar-refractivity contribution is 0.0957. The number of nitrogens with zero attached hydrogens (tertiary/aromatic N) is 4. The Morgan fingerprint density at radius 1 is 1.73 bits per heavy atom. The van der Waals surface area contributed by atoms with Crippen molar-refractivity contribution in [3.05, 3.63) is 5.82 Å². The second-order valence-corrected chi connectivity index (χ2v) is 2.26. The van der Waals surface area contributed by atoms with E-state index < -0.39 is 6.04 Å². The molecule has 0 aliphatic carbocycles. The molecule has 0 aromatic carbocycles. The minimum atomic E-state index is -0.570. The lowest BCUT2D eigenvalue weighted by atomic mass is 10.2. The van der Waals surface area contributed by atoms with Crippen molar-refractivity contribution in [3.8, 4) is 0 Å². The number of ketones is 1. The van der Waals surface area contributed by atoms with Gasteiger partial charge in [0, 0.05) is 0 Å². The van der Waals surface area contributed by atoms with Crippen molar-refractivity contribution in [3.63, 3.8) is 0 Å². The quantitative estimate of drug-likeness (QED) is 0.538. The maximum atomic E-state index is 11.1. The van der Waals surface area contributed by atoms with Crippen LogP contribution in [0.4, 0.5) is 0 Å². The van der Waals surface area contributed by atoms with Crippen LogP contribution in [0.3, 0.4) is 0 Å². The van der Waals surface area contributed by atoms with E-state index >= 15 is 0 Å². The first-order valence-electron chi connectivity index (χ1n) is 3.15. The van der Waals surface area contributed by atoms with Gasteiger partial charge in [-0.1, -0.05) is 0 Å². The van der Waals surface area contributed by atoms with Gasteiger partial charge in [0.1, 0.15) is 0 Å². The summed E-state index contributed by atoms with van der Waals surface area (Å²) in [6.07, 6.45) is 0. The lowest BCUT2D eigenvalue weighted by Gasteiger charge is -1.95. The van der Waals surface area contributed by atoms with Crippen molar-refractivity contribution in [2.45, 2.75) is 13.0 Å². The van der Waals surface area contributed by atoms with Gasteiger partial charge in [0.25, 0.3) is 0 Å². The van der Waals surface area contributed by atoms with E-state index in [2.05, 4.69) is 15.4 Å². The smallest absolute Gasteiger partial charge is 0.242 e. The van der Waals surface area contributed by atoms with Crippen LogP contribution in [0, 0.1) is 0 Å². The molecule has 0 aliphatic rings. The van der Waals surface area contributed by atoms with E-state index in [1.54, 1.807) is 14.0 Å². The minimum absolute atomic E-state index is 0.0718. The van der Waals surface area contributed by atoms with E-state index in [9.17, 15) is 4.79 Å². The normalized spacial score (nSPS) is 13.0. The van der Waals surface area contributed by atoms with E-state index in [1.807, 2.05) is 0 Å². The van der Waals surface area contributed by atoms with Gasteiger partial charge < -0.3 is 5.73 Å². The predicted molar refractivity (Wildman–Crippen MR) is 36.8 cm³/mol. The Kier molecular flexibility index (Phi) is 1.95. The number of hydrogen-bond acceptors (Lipinski definition) is 5. The summed E-state index contributed by atoms with van der Waals surface area (Å²) in [5, 5.41) is 10.7. The third-order valence-electron chi connectivity index (χ3n) is 1.14. The topological polar surface area (TPSA) is 86.7 Å². The molecule has 1 aromatic rings. The second kappa shape index (κ2) is 2.75. The number of carbonyl (C=O) groups is 1. The highest BCUT2D eigenvalue weighted by Gasteiger charge is 2.15. The van der Waals surface area contributed by atoms with Crippen molar-refractivity contribution in [1.29, 1.82) is 0 Å². The molecule has 0 saturated heterocycles. The fraction of sp³-hybridized carbons (Fsp3) is 0.600. The Bertz CT molecular complexity index is 266. The first kappa shape index (κ1) is 7.80. The first-order chi connectivity index (χ1) is 5.11. The summed E-state index contributed by atoms with van der Waals surface area (Å²) in [6, 6.07) is -0.570. The molecule has 11 heavy (non-hydrogen) atoms. The number of aryl methyl sites for hydroxylation is 1. The highest BCUT2D eigenvalue weighted by atomic mass is 16.1. The zero-order valence-corrected chi connectivity index (χ0v) is 6.35. The standard InChI is InChI=1S/C5H9N5O/c1-3(6)4(11)5-7-9-10(2)8-5/h3H,6H2,1-2H3. The van der Waals surface area contributed by atoms with Crippen molar-refractivity contribution >= 4 is 5.78 Å². The average Bonchev–Trinajstić information content (AvgIpc) is 2.34. The van der Waals surface area contributed by atoms with Crippen LogP contribution in [0.1, 0.15) is 17.5 Å². The van der Waals surface area contributed by atoms with Crippen LogP contribution in [0.2, 0.25) is 0 Å². The zero-order chi connectivity index (χ0) is 8.43. The molecule has 6 heteroatoms. The van der Waals surface area contributed by atoms with Crippen molar-refractivity contribution in [2.24, 2.45) is 12.8 Å². The molecule has 1 rings (SSSR count). The molecular weight excluding hydrogens is 146 g/mol. The fourth-order valence-electron chi connectivity index (χ4n) is 0.586. The van der Waals surface area contributed by atoms with Crippen molar-refractivity contribution in [1.82, 2.24) is 20.2 Å². The molecule has 0 saturated carbocycles. The van der Waals surface area contributed by atoms with Gasteiger partial charge in [-0.2, -0.15) is 4.80 Å². The van der Waals surface area contributed by atoms with Gasteiger partial charge in [-0.3, -0.25) is 4.79 Å². The van der Waals surface area contributed by atoms with Gasteiger partial charge in [0.15, 0.2) is 0 Å². The predicted octanol–water partition coefficient (Wildman–Crippen LogP) is -1.26. The minimum Gasteiger partial charge on any atom is -0.321 e. The average molecular weight is 155 g/mol. The molecule has 1 heterocycles. The van der Waals surface area contributed by atoms with Crippen LogP contribution in [-0.2, 0) is 7.05 Å². The molecule has 0 radical (unpaired) electrons. The van der Waals surface area contributed by atoms with Crippen molar-refractivity contribution < 1.29 is 4.79 Å². The summed E-state index contributed by atoms with van der Waals surface area (Å²) >= 11 is 0. The number of rotatable bonds is 2. The second-order valence-electron chi connectivity index (χ2n) is 2.26. The fourth-order valence-corrected chi connectivity index (χ4v) is 0.586. The summed E-state index contributed by atoms with van der Waals surface area (Å²) in [7, 11) is 1.59. The SMILES string of the molecule is CC(N)C(=O)c1nnn(C)n1. The van der Waals surface area contributed by atoms with Gasteiger partial charge >= 0.3 is 0 Å². The van der Waals surface area contributed by atoms with Crippen LogP contribution in [0.5, 0.6) is 0 Å². The van der Waals surface area contributed by atoms with Gasteiger partial charge in [0.05, 0.1) is 13.1 Å². The molecule has 2 N–H and O–H groups in total. The highest BCUT2D eigenvalue weighted by molar-refractivity contribution is 5.96. The summed E-state index contributed by atoms with van der Waals surface area (Å²) < 4.78 is 0. The molecular formula is C5H9N5O. The summed E-state index contributed by atoms with van der Waals surface area (Å²) in [5.74, 6) is -0.222. The number of hydrogen-bond donors (Lipinski definition) is 1. The van der Waals surface area contributed by atoms with Crippen LogP contribution >= 0.6 is 0 Å². The molecule has 1 aromatic heterocycles. The Hall–Kier alpha value is -1.30. The van der Waals surface area contributed by atoms with E-state index in [4.69, 9.17) is 5.73 Å². The molecule has 0 amide bonds. The molecule has 6 nitrogen and oxygen atoms in total. The highest BCUT2D eigenvalue weighted by Crippen LogP contribution is 1.90. The monoisotopic (exact) mass is 155 g/mol. The number of Topliss-reactive ketones (excluding diaryl/α,β-unsaturated/α-hetero) is 1. The van der Waals surface area contributed by atoms with Crippen LogP contribution < -0.4 is 5.73 Å². The van der Waals surface area contributed by atoms with E-state index in [-0.39, 0.29) is 11.6 Å². The van der Waals surface area contributed by atoms with Gasteiger partial charge in [0.2, 0.25) is 11.6 Å². The van der Waals surface area contributed by atoms with Crippen LogP contribution in [-0.4, -0.2) is 32.0 Å². The van der Waals surface area contributed by atoms with Crippen LogP contribution in [0.25, 0.3) is 0 Å². The third-order valence-corrected chi connectivity index (χ3v) is 1.14. The van der Waals surface area contributed by atoms with Crippen LogP contribution in [0.15, 0.2) is 0 Å².